The Morgan fingerprint density at radius 3 is 2.60 bits per heavy atom. The molecule has 1 heterocycles. The maximum Gasteiger partial charge on any atom is 0.345 e. The predicted octanol–water partition coefficient (Wildman–Crippen LogP) is 3.37. The maximum absolute atomic E-state index is 13.6. The van der Waals surface area contributed by atoms with Crippen LogP contribution in [0.25, 0.3) is 0 Å². The minimum Gasteiger partial charge on any atom is -0.488 e. The first-order chi connectivity index (χ1) is 9.47. The molecule has 0 unspecified atom stereocenters. The summed E-state index contributed by atoms with van der Waals surface area (Å²) in [5, 5.41) is 8.79. The highest BCUT2D eigenvalue weighted by Gasteiger charge is 2.10. The van der Waals surface area contributed by atoms with Crippen molar-refractivity contribution in [2.75, 3.05) is 0 Å². The fourth-order valence-electron chi connectivity index (χ4n) is 1.60. The standard InChI is InChI=1S/C14H11FO4S/c1-8(16)11-4-2-9(6-12(11)15)19-7-10-3-5-13(20-10)14(17)18/h2-6H,7H2,1H3,(H,17,18). The Morgan fingerprint density at radius 1 is 1.30 bits per heavy atom. The van der Waals surface area contributed by atoms with Gasteiger partial charge in [-0.05, 0) is 31.2 Å². The van der Waals surface area contributed by atoms with Crippen molar-refractivity contribution in [1.82, 2.24) is 0 Å². The number of halogens is 1. The van der Waals surface area contributed by atoms with Gasteiger partial charge in [0.05, 0.1) is 5.56 Å². The van der Waals surface area contributed by atoms with Gasteiger partial charge in [0.15, 0.2) is 5.78 Å². The number of ketones is 1. The highest BCUT2D eigenvalue weighted by atomic mass is 32.1. The molecule has 0 bridgehead atoms. The molecule has 0 aliphatic carbocycles. The summed E-state index contributed by atoms with van der Waals surface area (Å²) < 4.78 is 18.9. The number of carboxylic acids is 1. The lowest BCUT2D eigenvalue weighted by atomic mass is 10.1. The van der Waals surface area contributed by atoms with Gasteiger partial charge in [-0.3, -0.25) is 4.79 Å². The lowest BCUT2D eigenvalue weighted by Crippen LogP contribution is -1.99. The molecular weight excluding hydrogens is 283 g/mol. The fourth-order valence-corrected chi connectivity index (χ4v) is 2.36. The average molecular weight is 294 g/mol. The Bertz CT molecular complexity index is 663. The topological polar surface area (TPSA) is 63.6 Å². The molecule has 104 valence electrons. The van der Waals surface area contributed by atoms with Crippen LogP contribution in [0.3, 0.4) is 0 Å². The monoisotopic (exact) mass is 294 g/mol. The molecule has 20 heavy (non-hydrogen) atoms. The normalized spacial score (nSPS) is 10.3. The summed E-state index contributed by atoms with van der Waals surface area (Å²) in [6.07, 6.45) is 0. The van der Waals surface area contributed by atoms with E-state index in [9.17, 15) is 14.0 Å². The van der Waals surface area contributed by atoms with E-state index in [2.05, 4.69) is 0 Å². The van der Waals surface area contributed by atoms with Gasteiger partial charge in [-0.25, -0.2) is 9.18 Å². The van der Waals surface area contributed by atoms with Gasteiger partial charge in [0, 0.05) is 10.9 Å². The second kappa shape index (κ2) is 5.83. The lowest BCUT2D eigenvalue weighted by Gasteiger charge is -2.06. The van der Waals surface area contributed by atoms with Gasteiger partial charge in [0.1, 0.15) is 23.1 Å². The third-order valence-corrected chi connectivity index (χ3v) is 3.62. The molecule has 0 saturated heterocycles. The van der Waals surface area contributed by atoms with E-state index < -0.39 is 11.8 Å². The largest absolute Gasteiger partial charge is 0.488 e. The first-order valence-electron chi connectivity index (χ1n) is 5.72. The summed E-state index contributed by atoms with van der Waals surface area (Å²) in [4.78, 5) is 22.8. The minimum atomic E-state index is -0.988. The van der Waals surface area contributed by atoms with Crippen molar-refractivity contribution in [2.24, 2.45) is 0 Å². The lowest BCUT2D eigenvalue weighted by molar-refractivity contribution is 0.0702. The Hall–Kier alpha value is -2.21. The molecule has 0 radical (unpaired) electrons. The number of carbonyl (C=O) groups is 2. The fraction of sp³-hybridized carbons (Fsp3) is 0.143. The molecular formula is C14H11FO4S. The van der Waals surface area contributed by atoms with Crippen LogP contribution in [-0.2, 0) is 6.61 Å². The van der Waals surface area contributed by atoms with Gasteiger partial charge >= 0.3 is 5.97 Å². The van der Waals surface area contributed by atoms with Gasteiger partial charge < -0.3 is 9.84 Å². The number of ether oxygens (including phenoxy) is 1. The van der Waals surface area contributed by atoms with Crippen molar-refractivity contribution in [3.05, 3.63) is 51.5 Å². The van der Waals surface area contributed by atoms with Crippen molar-refractivity contribution in [1.29, 1.82) is 0 Å². The molecule has 0 fully saturated rings. The van der Waals surface area contributed by atoms with Crippen molar-refractivity contribution in [2.45, 2.75) is 13.5 Å². The molecule has 0 saturated carbocycles. The summed E-state index contributed by atoms with van der Waals surface area (Å²) in [5.74, 6) is -1.68. The zero-order valence-electron chi connectivity index (χ0n) is 10.6. The SMILES string of the molecule is CC(=O)c1ccc(OCc2ccc(C(=O)O)s2)cc1F. The summed E-state index contributed by atoms with van der Waals surface area (Å²) in [6, 6.07) is 7.15. The quantitative estimate of drug-likeness (QED) is 0.859. The zero-order chi connectivity index (χ0) is 14.7. The van der Waals surface area contributed by atoms with Gasteiger partial charge in [0.2, 0.25) is 0 Å². The summed E-state index contributed by atoms with van der Waals surface area (Å²) in [5.41, 5.74) is 0.0154. The molecule has 6 heteroatoms. The van der Waals surface area contributed by atoms with Gasteiger partial charge in [-0.2, -0.15) is 0 Å². The minimum absolute atomic E-state index is 0.0154. The number of rotatable bonds is 5. The van der Waals surface area contributed by atoms with Crippen molar-refractivity contribution in [3.63, 3.8) is 0 Å². The first kappa shape index (κ1) is 14.2. The van der Waals surface area contributed by atoms with E-state index in [1.807, 2.05) is 0 Å². The number of hydrogen-bond acceptors (Lipinski definition) is 4. The summed E-state index contributed by atoms with van der Waals surface area (Å²) in [7, 11) is 0. The number of Topliss-reactive ketones (excluding diaryl/α,β-unsaturated/α-hetero) is 1. The number of benzene rings is 1. The predicted molar refractivity (Wildman–Crippen MR) is 72.0 cm³/mol. The number of carbonyl (C=O) groups excluding carboxylic acids is 1. The van der Waals surface area contributed by atoms with Crippen LogP contribution in [0.15, 0.2) is 30.3 Å². The van der Waals surface area contributed by atoms with E-state index in [1.54, 1.807) is 6.07 Å². The number of carboxylic acid groups (broad SMARTS) is 1. The van der Waals surface area contributed by atoms with Crippen LogP contribution in [-0.4, -0.2) is 16.9 Å². The van der Waals surface area contributed by atoms with E-state index in [0.717, 1.165) is 22.3 Å². The van der Waals surface area contributed by atoms with E-state index in [-0.39, 0.29) is 28.6 Å². The van der Waals surface area contributed by atoms with Gasteiger partial charge in [0.25, 0.3) is 0 Å². The Morgan fingerprint density at radius 2 is 2.05 bits per heavy atom. The van der Waals surface area contributed by atoms with Crippen LogP contribution in [0.2, 0.25) is 0 Å². The molecule has 2 rings (SSSR count). The Kier molecular flexibility index (Phi) is 4.14. The molecule has 4 nitrogen and oxygen atoms in total. The van der Waals surface area contributed by atoms with Crippen LogP contribution < -0.4 is 4.74 Å². The Balaban J connectivity index is 2.05. The molecule has 1 aromatic carbocycles. The highest BCUT2D eigenvalue weighted by molar-refractivity contribution is 7.13. The van der Waals surface area contributed by atoms with Crippen molar-refractivity contribution >= 4 is 23.1 Å². The van der Waals surface area contributed by atoms with Gasteiger partial charge in [-0.1, -0.05) is 0 Å². The van der Waals surface area contributed by atoms with Crippen LogP contribution in [0.5, 0.6) is 5.75 Å². The molecule has 1 aromatic heterocycles. The molecule has 1 N–H and O–H groups in total. The molecule has 0 spiro atoms. The first-order valence-corrected chi connectivity index (χ1v) is 6.54. The summed E-state index contributed by atoms with van der Waals surface area (Å²) >= 11 is 1.10. The Labute approximate surface area is 118 Å². The molecule has 0 amide bonds. The molecule has 2 aromatic rings. The second-order valence-corrected chi connectivity index (χ2v) is 5.23. The van der Waals surface area contributed by atoms with Crippen LogP contribution in [0.4, 0.5) is 4.39 Å². The number of aromatic carboxylic acids is 1. The van der Waals surface area contributed by atoms with E-state index >= 15 is 0 Å². The smallest absolute Gasteiger partial charge is 0.345 e. The van der Waals surface area contributed by atoms with Crippen LogP contribution in [0.1, 0.15) is 31.8 Å². The molecule has 0 aliphatic heterocycles. The number of hydrogen-bond donors (Lipinski definition) is 1. The average Bonchev–Trinajstić information content (AvgIpc) is 2.85. The molecule has 0 aliphatic rings. The van der Waals surface area contributed by atoms with Crippen LogP contribution in [0, 0.1) is 5.82 Å². The summed E-state index contributed by atoms with van der Waals surface area (Å²) in [6.45, 7) is 1.44. The maximum atomic E-state index is 13.6. The van der Waals surface area contributed by atoms with E-state index in [1.165, 1.54) is 25.1 Å². The van der Waals surface area contributed by atoms with E-state index in [4.69, 9.17) is 9.84 Å². The third kappa shape index (κ3) is 3.21. The van der Waals surface area contributed by atoms with Crippen LogP contribution >= 0.6 is 11.3 Å². The van der Waals surface area contributed by atoms with Crippen molar-refractivity contribution < 1.29 is 23.8 Å². The zero-order valence-corrected chi connectivity index (χ0v) is 11.4. The third-order valence-electron chi connectivity index (χ3n) is 2.57. The molecule has 0 atom stereocenters. The van der Waals surface area contributed by atoms with Crippen molar-refractivity contribution in [3.8, 4) is 5.75 Å². The number of thiophene rings is 1. The second-order valence-electron chi connectivity index (χ2n) is 4.06. The highest BCUT2D eigenvalue weighted by Crippen LogP contribution is 2.21. The van der Waals surface area contributed by atoms with Gasteiger partial charge in [-0.15, -0.1) is 11.3 Å². The van der Waals surface area contributed by atoms with E-state index in [0.29, 0.717) is 0 Å².